The predicted molar refractivity (Wildman–Crippen MR) is 116 cm³/mol. The number of carbonyl (C=O) groups excluding carboxylic acids is 1. The SMILES string of the molecule is Cc1ncccc1C(=O)NCCCc1ccc(-c2ccc3[nH]ncc3c2C)cc1. The minimum Gasteiger partial charge on any atom is -0.352 e. The number of nitrogens with one attached hydrogen (secondary N) is 2. The maximum absolute atomic E-state index is 12.2. The van der Waals surface area contributed by atoms with Crippen LogP contribution in [0.1, 0.15) is 33.6 Å². The minimum absolute atomic E-state index is 0.0592. The van der Waals surface area contributed by atoms with Gasteiger partial charge in [0.1, 0.15) is 0 Å². The standard InChI is InChI=1S/C24H24N4O/c1-16-20(11-12-23-22(16)15-27-28-23)19-9-7-18(8-10-19)5-3-14-26-24(29)21-6-4-13-25-17(21)2/h4,6-13,15H,3,5,14H2,1-2H3,(H,26,29)(H,27,28). The monoisotopic (exact) mass is 384 g/mol. The van der Waals surface area contributed by atoms with Crippen LogP contribution in [0.4, 0.5) is 0 Å². The van der Waals surface area contributed by atoms with Gasteiger partial charge in [0.2, 0.25) is 0 Å². The summed E-state index contributed by atoms with van der Waals surface area (Å²) in [6.07, 6.45) is 5.39. The molecule has 0 fully saturated rings. The molecular formula is C24H24N4O. The number of carbonyl (C=O) groups is 1. The van der Waals surface area contributed by atoms with Gasteiger partial charge in [-0.05, 0) is 67.1 Å². The molecule has 0 unspecified atom stereocenters. The van der Waals surface area contributed by atoms with Gasteiger partial charge in [-0.3, -0.25) is 14.9 Å². The Morgan fingerprint density at radius 2 is 1.90 bits per heavy atom. The average molecular weight is 384 g/mol. The molecule has 1 amide bonds. The molecule has 2 heterocycles. The molecule has 0 aliphatic heterocycles. The van der Waals surface area contributed by atoms with Crippen LogP contribution < -0.4 is 5.32 Å². The van der Waals surface area contributed by atoms with Crippen molar-refractivity contribution in [3.8, 4) is 11.1 Å². The zero-order valence-electron chi connectivity index (χ0n) is 16.7. The number of aromatic amines is 1. The van der Waals surface area contributed by atoms with Gasteiger partial charge in [-0.15, -0.1) is 0 Å². The molecule has 0 aliphatic rings. The third kappa shape index (κ3) is 4.04. The molecule has 0 saturated heterocycles. The summed E-state index contributed by atoms with van der Waals surface area (Å²) in [6, 6.07) is 16.5. The summed E-state index contributed by atoms with van der Waals surface area (Å²) in [4.78, 5) is 16.4. The lowest BCUT2D eigenvalue weighted by atomic mass is 9.96. The molecule has 0 radical (unpaired) electrons. The van der Waals surface area contributed by atoms with Crippen molar-refractivity contribution >= 4 is 16.8 Å². The number of aromatic nitrogens is 3. The van der Waals surface area contributed by atoms with Gasteiger partial charge in [-0.25, -0.2) is 0 Å². The Morgan fingerprint density at radius 3 is 2.69 bits per heavy atom. The molecule has 146 valence electrons. The Kier molecular flexibility index (Phi) is 5.38. The second-order valence-electron chi connectivity index (χ2n) is 7.26. The largest absolute Gasteiger partial charge is 0.352 e. The highest BCUT2D eigenvalue weighted by Gasteiger charge is 2.09. The second kappa shape index (κ2) is 8.27. The predicted octanol–water partition coefficient (Wildman–Crippen LogP) is 4.60. The summed E-state index contributed by atoms with van der Waals surface area (Å²) in [6.45, 7) is 4.63. The van der Waals surface area contributed by atoms with E-state index < -0.39 is 0 Å². The number of nitrogens with zero attached hydrogens (tertiary/aromatic N) is 2. The first kappa shape index (κ1) is 18.9. The molecule has 2 N–H and O–H groups in total. The topological polar surface area (TPSA) is 70.7 Å². The summed E-state index contributed by atoms with van der Waals surface area (Å²) in [7, 11) is 0. The van der Waals surface area contributed by atoms with Crippen LogP contribution >= 0.6 is 0 Å². The van der Waals surface area contributed by atoms with E-state index in [4.69, 9.17) is 0 Å². The van der Waals surface area contributed by atoms with Gasteiger partial charge >= 0.3 is 0 Å². The van der Waals surface area contributed by atoms with Crippen LogP contribution in [0.2, 0.25) is 0 Å². The Bertz CT molecular complexity index is 1150. The van der Waals surface area contributed by atoms with E-state index in [0.717, 1.165) is 29.4 Å². The van der Waals surface area contributed by atoms with Gasteiger partial charge in [-0.2, -0.15) is 5.10 Å². The van der Waals surface area contributed by atoms with E-state index >= 15 is 0 Å². The lowest BCUT2D eigenvalue weighted by Gasteiger charge is -2.09. The summed E-state index contributed by atoms with van der Waals surface area (Å²) in [5.41, 5.74) is 7.39. The van der Waals surface area contributed by atoms with Gasteiger partial charge in [0.15, 0.2) is 0 Å². The van der Waals surface area contributed by atoms with Gasteiger partial charge in [0.25, 0.3) is 5.91 Å². The van der Waals surface area contributed by atoms with Gasteiger partial charge in [-0.1, -0.05) is 30.3 Å². The molecule has 5 heteroatoms. The van der Waals surface area contributed by atoms with Crippen LogP contribution in [-0.4, -0.2) is 27.6 Å². The zero-order chi connectivity index (χ0) is 20.2. The third-order valence-corrected chi connectivity index (χ3v) is 5.34. The van der Waals surface area contributed by atoms with Crippen LogP contribution in [0.15, 0.2) is 60.9 Å². The molecule has 0 aliphatic carbocycles. The molecule has 0 bridgehead atoms. The maximum atomic E-state index is 12.2. The molecule has 4 aromatic rings. The number of fused-ring (bicyclic) bond motifs is 1. The fourth-order valence-corrected chi connectivity index (χ4v) is 3.64. The van der Waals surface area contributed by atoms with Crippen molar-refractivity contribution < 1.29 is 4.79 Å². The van der Waals surface area contributed by atoms with Crippen molar-refractivity contribution in [1.29, 1.82) is 0 Å². The average Bonchev–Trinajstić information content (AvgIpc) is 3.22. The molecule has 0 saturated carbocycles. The normalized spacial score (nSPS) is 11.0. The summed E-state index contributed by atoms with van der Waals surface area (Å²) < 4.78 is 0. The number of benzene rings is 2. The van der Waals surface area contributed by atoms with Crippen molar-refractivity contribution in [2.24, 2.45) is 0 Å². The lowest BCUT2D eigenvalue weighted by molar-refractivity contribution is 0.0952. The van der Waals surface area contributed by atoms with Crippen molar-refractivity contribution in [3.05, 3.63) is 83.3 Å². The number of H-pyrrole nitrogens is 1. The van der Waals surface area contributed by atoms with E-state index in [0.29, 0.717) is 12.1 Å². The van der Waals surface area contributed by atoms with E-state index in [1.165, 1.54) is 22.3 Å². The number of aryl methyl sites for hydroxylation is 3. The van der Waals surface area contributed by atoms with Crippen molar-refractivity contribution in [1.82, 2.24) is 20.5 Å². The quantitative estimate of drug-likeness (QED) is 0.477. The maximum Gasteiger partial charge on any atom is 0.253 e. The summed E-state index contributed by atoms with van der Waals surface area (Å²) in [5.74, 6) is -0.0592. The zero-order valence-corrected chi connectivity index (χ0v) is 16.7. The first-order valence-electron chi connectivity index (χ1n) is 9.85. The number of hydrogen-bond donors (Lipinski definition) is 2. The van der Waals surface area contributed by atoms with Crippen LogP contribution in [-0.2, 0) is 6.42 Å². The molecule has 5 nitrogen and oxygen atoms in total. The number of pyridine rings is 1. The molecular weight excluding hydrogens is 360 g/mol. The first-order valence-corrected chi connectivity index (χ1v) is 9.85. The molecule has 2 aromatic carbocycles. The van der Waals surface area contributed by atoms with Crippen LogP contribution in [0.5, 0.6) is 0 Å². The highest BCUT2D eigenvalue weighted by atomic mass is 16.1. The molecule has 2 aromatic heterocycles. The van der Waals surface area contributed by atoms with E-state index in [-0.39, 0.29) is 5.91 Å². The smallest absolute Gasteiger partial charge is 0.253 e. The third-order valence-electron chi connectivity index (χ3n) is 5.34. The van der Waals surface area contributed by atoms with Crippen molar-refractivity contribution in [2.75, 3.05) is 6.54 Å². The van der Waals surface area contributed by atoms with E-state index in [2.05, 4.69) is 63.8 Å². The first-order chi connectivity index (χ1) is 14.1. The second-order valence-corrected chi connectivity index (χ2v) is 7.26. The Balaban J connectivity index is 1.34. The number of rotatable bonds is 6. The highest BCUT2D eigenvalue weighted by Crippen LogP contribution is 2.29. The fourth-order valence-electron chi connectivity index (χ4n) is 3.64. The fraction of sp³-hybridized carbons (Fsp3) is 0.208. The summed E-state index contributed by atoms with van der Waals surface area (Å²) in [5, 5.41) is 11.3. The molecule has 29 heavy (non-hydrogen) atoms. The van der Waals surface area contributed by atoms with Gasteiger partial charge in [0.05, 0.1) is 17.3 Å². The Labute approximate surface area is 170 Å². The minimum atomic E-state index is -0.0592. The van der Waals surface area contributed by atoms with E-state index in [1.54, 1.807) is 18.3 Å². The summed E-state index contributed by atoms with van der Waals surface area (Å²) >= 11 is 0. The number of hydrogen-bond acceptors (Lipinski definition) is 3. The highest BCUT2D eigenvalue weighted by molar-refractivity contribution is 5.95. The Morgan fingerprint density at radius 1 is 1.07 bits per heavy atom. The molecule has 0 spiro atoms. The van der Waals surface area contributed by atoms with Gasteiger partial charge < -0.3 is 5.32 Å². The van der Waals surface area contributed by atoms with Crippen molar-refractivity contribution in [2.45, 2.75) is 26.7 Å². The molecule has 4 rings (SSSR count). The van der Waals surface area contributed by atoms with Crippen LogP contribution in [0, 0.1) is 13.8 Å². The van der Waals surface area contributed by atoms with E-state index in [1.807, 2.05) is 13.1 Å². The Hall–Kier alpha value is -3.47. The van der Waals surface area contributed by atoms with Gasteiger partial charge in [0, 0.05) is 23.8 Å². The van der Waals surface area contributed by atoms with Crippen LogP contribution in [0.25, 0.3) is 22.0 Å². The number of amides is 1. The van der Waals surface area contributed by atoms with Crippen molar-refractivity contribution in [3.63, 3.8) is 0 Å². The van der Waals surface area contributed by atoms with Crippen LogP contribution in [0.3, 0.4) is 0 Å². The molecule has 0 atom stereocenters. The lowest BCUT2D eigenvalue weighted by Crippen LogP contribution is -2.25. The van der Waals surface area contributed by atoms with E-state index in [9.17, 15) is 4.79 Å².